The molecule has 0 saturated carbocycles. The highest BCUT2D eigenvalue weighted by Gasteiger charge is 2.25. The van der Waals surface area contributed by atoms with Gasteiger partial charge in [-0.15, -0.1) is 0 Å². The largest absolute Gasteiger partial charge is 0.481 e. The van der Waals surface area contributed by atoms with Crippen molar-refractivity contribution in [3.63, 3.8) is 0 Å². The fourth-order valence-corrected chi connectivity index (χ4v) is 1.66. The SMILES string of the molecule is CC(C)(C)OC(=O)N[C@@H]1CC=C[C@H](C(=O)O)C1. The Labute approximate surface area is 101 Å². The molecule has 0 radical (unpaired) electrons. The Kier molecular flexibility index (Phi) is 4.15. The van der Waals surface area contributed by atoms with Gasteiger partial charge >= 0.3 is 12.1 Å². The summed E-state index contributed by atoms with van der Waals surface area (Å²) in [6.45, 7) is 5.36. The number of carboxylic acids is 1. The van der Waals surface area contributed by atoms with Gasteiger partial charge in [0, 0.05) is 6.04 Å². The molecule has 2 N–H and O–H groups in total. The molecule has 1 aliphatic carbocycles. The van der Waals surface area contributed by atoms with Crippen molar-refractivity contribution in [2.24, 2.45) is 5.92 Å². The van der Waals surface area contributed by atoms with Gasteiger partial charge in [0.2, 0.25) is 0 Å². The van der Waals surface area contributed by atoms with Crippen LogP contribution < -0.4 is 5.32 Å². The van der Waals surface area contributed by atoms with Gasteiger partial charge in [-0.05, 0) is 33.6 Å². The molecular weight excluding hydrogens is 222 g/mol. The van der Waals surface area contributed by atoms with Gasteiger partial charge in [-0.3, -0.25) is 4.79 Å². The summed E-state index contributed by atoms with van der Waals surface area (Å²) in [7, 11) is 0. The Morgan fingerprint density at radius 3 is 2.59 bits per heavy atom. The first-order valence-electron chi connectivity index (χ1n) is 5.67. The maximum Gasteiger partial charge on any atom is 0.407 e. The molecule has 0 bridgehead atoms. The first-order valence-corrected chi connectivity index (χ1v) is 5.67. The minimum atomic E-state index is -0.864. The summed E-state index contributed by atoms with van der Waals surface area (Å²) in [5, 5.41) is 11.6. The molecule has 0 aliphatic heterocycles. The van der Waals surface area contributed by atoms with E-state index in [1.807, 2.05) is 0 Å². The molecule has 5 heteroatoms. The van der Waals surface area contributed by atoms with Crippen LogP contribution in [0.3, 0.4) is 0 Å². The fraction of sp³-hybridized carbons (Fsp3) is 0.667. The highest BCUT2D eigenvalue weighted by Crippen LogP contribution is 2.18. The number of rotatable bonds is 2. The fourth-order valence-electron chi connectivity index (χ4n) is 1.66. The third-order valence-electron chi connectivity index (χ3n) is 2.37. The van der Waals surface area contributed by atoms with Gasteiger partial charge in [0.25, 0.3) is 0 Å². The minimum absolute atomic E-state index is 0.170. The molecule has 1 amide bonds. The van der Waals surface area contributed by atoms with Gasteiger partial charge in [0.15, 0.2) is 0 Å². The number of amides is 1. The van der Waals surface area contributed by atoms with Crippen LogP contribution in [0.5, 0.6) is 0 Å². The van der Waals surface area contributed by atoms with Crippen molar-refractivity contribution in [1.82, 2.24) is 5.32 Å². The first-order chi connectivity index (χ1) is 7.78. The van der Waals surface area contributed by atoms with E-state index in [0.717, 1.165) is 0 Å². The van der Waals surface area contributed by atoms with Gasteiger partial charge in [-0.2, -0.15) is 0 Å². The van der Waals surface area contributed by atoms with E-state index in [1.165, 1.54) is 0 Å². The van der Waals surface area contributed by atoms with Crippen molar-refractivity contribution >= 4 is 12.1 Å². The van der Waals surface area contributed by atoms with Crippen LogP contribution in [0.25, 0.3) is 0 Å². The summed E-state index contributed by atoms with van der Waals surface area (Å²) in [4.78, 5) is 22.3. The minimum Gasteiger partial charge on any atom is -0.481 e. The van der Waals surface area contributed by atoms with Crippen LogP contribution in [0.2, 0.25) is 0 Å². The zero-order valence-corrected chi connectivity index (χ0v) is 10.4. The summed E-state index contributed by atoms with van der Waals surface area (Å²) < 4.78 is 5.11. The predicted octanol–water partition coefficient (Wildman–Crippen LogP) is 1.93. The molecule has 0 unspecified atom stereocenters. The number of carboxylic acid groups (broad SMARTS) is 1. The first kappa shape index (κ1) is 13.5. The van der Waals surface area contributed by atoms with E-state index in [0.29, 0.717) is 12.8 Å². The normalized spacial score (nSPS) is 24.2. The standard InChI is InChI=1S/C12H19NO4/c1-12(2,3)17-11(16)13-9-6-4-5-8(7-9)10(14)15/h4-5,8-9H,6-7H2,1-3H3,(H,13,16)(H,14,15)/t8-,9+/m0/s1. The van der Waals surface area contributed by atoms with Gasteiger partial charge in [0.1, 0.15) is 5.60 Å². The van der Waals surface area contributed by atoms with E-state index in [1.54, 1.807) is 32.9 Å². The molecular formula is C12H19NO4. The van der Waals surface area contributed by atoms with Crippen LogP contribution in [0.15, 0.2) is 12.2 Å². The molecule has 1 rings (SSSR count). The van der Waals surface area contributed by atoms with Crippen molar-refractivity contribution in [2.45, 2.75) is 45.3 Å². The quantitative estimate of drug-likeness (QED) is 0.724. The highest BCUT2D eigenvalue weighted by molar-refractivity contribution is 5.73. The lowest BCUT2D eigenvalue weighted by atomic mass is 9.92. The summed E-state index contributed by atoms with van der Waals surface area (Å²) in [6, 6.07) is -0.170. The van der Waals surface area contributed by atoms with Crippen molar-refractivity contribution in [1.29, 1.82) is 0 Å². The van der Waals surface area contributed by atoms with E-state index in [2.05, 4.69) is 5.32 Å². The third-order valence-corrected chi connectivity index (χ3v) is 2.37. The van der Waals surface area contributed by atoms with Crippen LogP contribution in [-0.4, -0.2) is 28.8 Å². The average Bonchev–Trinajstić information content (AvgIpc) is 2.14. The molecule has 0 aromatic carbocycles. The smallest absolute Gasteiger partial charge is 0.407 e. The number of carbonyl (C=O) groups is 2. The number of aliphatic carboxylic acids is 1. The van der Waals surface area contributed by atoms with E-state index < -0.39 is 23.6 Å². The van der Waals surface area contributed by atoms with Gasteiger partial charge in [0.05, 0.1) is 5.92 Å². The number of hydrogen-bond donors (Lipinski definition) is 2. The monoisotopic (exact) mass is 241 g/mol. The molecule has 0 saturated heterocycles. The average molecular weight is 241 g/mol. The number of carbonyl (C=O) groups excluding carboxylic acids is 1. The van der Waals surface area contributed by atoms with Gasteiger partial charge in [-0.1, -0.05) is 12.2 Å². The van der Waals surface area contributed by atoms with Crippen LogP contribution >= 0.6 is 0 Å². The summed E-state index contributed by atoms with van der Waals surface area (Å²) in [6.07, 6.45) is 4.00. The lowest BCUT2D eigenvalue weighted by Crippen LogP contribution is -2.41. The zero-order chi connectivity index (χ0) is 13.1. The lowest BCUT2D eigenvalue weighted by molar-refractivity contribution is -0.140. The second kappa shape index (κ2) is 5.21. The molecule has 0 fully saturated rings. The van der Waals surface area contributed by atoms with Crippen LogP contribution in [0.1, 0.15) is 33.6 Å². The molecule has 17 heavy (non-hydrogen) atoms. The predicted molar refractivity (Wildman–Crippen MR) is 62.7 cm³/mol. The zero-order valence-electron chi connectivity index (χ0n) is 10.4. The molecule has 0 aromatic rings. The van der Waals surface area contributed by atoms with E-state index >= 15 is 0 Å². The Morgan fingerprint density at radius 1 is 1.41 bits per heavy atom. The van der Waals surface area contributed by atoms with Crippen LogP contribution in [-0.2, 0) is 9.53 Å². The summed E-state index contributed by atoms with van der Waals surface area (Å²) in [5.74, 6) is -1.39. The molecule has 2 atom stereocenters. The van der Waals surface area contributed by atoms with Crippen LogP contribution in [0.4, 0.5) is 4.79 Å². The Bertz CT molecular complexity index is 330. The van der Waals surface area contributed by atoms with Crippen molar-refractivity contribution in [2.75, 3.05) is 0 Å². The van der Waals surface area contributed by atoms with Crippen molar-refractivity contribution in [3.8, 4) is 0 Å². The Hall–Kier alpha value is -1.52. The Balaban J connectivity index is 2.46. The van der Waals surface area contributed by atoms with Gasteiger partial charge < -0.3 is 15.2 Å². The summed E-state index contributed by atoms with van der Waals surface area (Å²) >= 11 is 0. The topological polar surface area (TPSA) is 75.6 Å². The second-order valence-electron chi connectivity index (χ2n) is 5.19. The molecule has 0 heterocycles. The highest BCUT2D eigenvalue weighted by atomic mass is 16.6. The maximum atomic E-state index is 11.5. The summed E-state index contributed by atoms with van der Waals surface area (Å²) in [5.41, 5.74) is -0.541. The van der Waals surface area contributed by atoms with Crippen molar-refractivity contribution < 1.29 is 19.4 Å². The molecule has 5 nitrogen and oxygen atoms in total. The van der Waals surface area contributed by atoms with Gasteiger partial charge in [-0.25, -0.2) is 4.79 Å². The second-order valence-corrected chi connectivity index (χ2v) is 5.19. The van der Waals surface area contributed by atoms with Crippen LogP contribution in [0, 0.1) is 5.92 Å². The third kappa shape index (κ3) is 4.89. The molecule has 1 aliphatic rings. The number of hydrogen-bond acceptors (Lipinski definition) is 3. The number of nitrogens with one attached hydrogen (secondary N) is 1. The Morgan fingerprint density at radius 2 is 2.06 bits per heavy atom. The van der Waals surface area contributed by atoms with Crippen molar-refractivity contribution in [3.05, 3.63) is 12.2 Å². The van der Waals surface area contributed by atoms with E-state index in [9.17, 15) is 9.59 Å². The van der Waals surface area contributed by atoms with E-state index in [-0.39, 0.29) is 6.04 Å². The van der Waals surface area contributed by atoms with E-state index in [4.69, 9.17) is 9.84 Å². The molecule has 0 spiro atoms. The number of alkyl carbamates (subject to hydrolysis) is 1. The number of ether oxygens (including phenoxy) is 1. The molecule has 96 valence electrons. The molecule has 0 aromatic heterocycles. The lowest BCUT2D eigenvalue weighted by Gasteiger charge is -2.26. The maximum absolute atomic E-state index is 11.5.